The van der Waals surface area contributed by atoms with Crippen LogP contribution in [0.4, 0.5) is 0 Å². The van der Waals surface area contributed by atoms with E-state index in [0.29, 0.717) is 0 Å². The van der Waals surface area contributed by atoms with Gasteiger partial charge in [-0.2, -0.15) is 0 Å². The Morgan fingerprint density at radius 2 is 1.73 bits per heavy atom. The van der Waals surface area contributed by atoms with E-state index >= 15 is 0 Å². The molecule has 4 heteroatoms. The first-order chi connectivity index (χ1) is 5.35. The molecule has 0 aromatic rings. The second-order valence-electron chi connectivity index (χ2n) is 2.47. The van der Waals surface area contributed by atoms with Gasteiger partial charge in [-0.1, -0.05) is 19.3 Å². The van der Waals surface area contributed by atoms with E-state index in [0.717, 1.165) is 12.8 Å². The average molecular weight is 162 g/mol. The summed E-state index contributed by atoms with van der Waals surface area (Å²) in [5.41, 5.74) is 0. The Morgan fingerprint density at radius 1 is 1.27 bits per heavy atom. The van der Waals surface area contributed by atoms with Crippen molar-refractivity contribution >= 4 is 6.47 Å². The number of carbonyl (C=O) groups is 1. The van der Waals surface area contributed by atoms with Gasteiger partial charge in [0.25, 0.3) is 6.47 Å². The summed E-state index contributed by atoms with van der Waals surface area (Å²) in [6, 6.07) is 0. The molecule has 0 unspecified atom stereocenters. The minimum atomic E-state index is -0.250. The van der Waals surface area contributed by atoms with Crippen LogP contribution >= 0.6 is 0 Å². The van der Waals surface area contributed by atoms with Crippen molar-refractivity contribution in [2.24, 2.45) is 0 Å². The third-order valence-electron chi connectivity index (χ3n) is 1.70. The zero-order chi connectivity index (χ0) is 8.53. The predicted molar refractivity (Wildman–Crippen MR) is 39.3 cm³/mol. The summed E-state index contributed by atoms with van der Waals surface area (Å²) in [7, 11) is 0. The maximum Gasteiger partial charge on any atom is 0.290 e. The van der Waals surface area contributed by atoms with Gasteiger partial charge in [-0.05, 0) is 12.8 Å². The fourth-order valence-corrected chi connectivity index (χ4v) is 1.17. The molecule has 1 aliphatic carbocycles. The van der Waals surface area contributed by atoms with Crippen molar-refractivity contribution in [1.82, 2.24) is 0 Å². The van der Waals surface area contributed by atoms with Gasteiger partial charge in [0.1, 0.15) is 0 Å². The van der Waals surface area contributed by atoms with Gasteiger partial charge in [0.15, 0.2) is 0 Å². The number of hydrogen-bond donors (Lipinski definition) is 2. The molecule has 0 radical (unpaired) electrons. The lowest BCUT2D eigenvalue weighted by Gasteiger charge is -2.17. The van der Waals surface area contributed by atoms with Crippen LogP contribution in [0.5, 0.6) is 0 Å². The summed E-state index contributed by atoms with van der Waals surface area (Å²) in [5, 5.41) is 15.1. The lowest BCUT2D eigenvalue weighted by molar-refractivity contribution is -0.283. The standard InChI is InChI=1S/C6H12O2.CH2O2/c7-8-6-4-2-1-3-5-6;2-1-3/h6-7H,1-5H2;1H,(H,2,3). The first-order valence-corrected chi connectivity index (χ1v) is 3.73. The molecule has 0 aromatic heterocycles. The lowest BCUT2D eigenvalue weighted by atomic mass is 9.98. The van der Waals surface area contributed by atoms with E-state index < -0.39 is 0 Å². The number of hydrogen-bond acceptors (Lipinski definition) is 3. The summed E-state index contributed by atoms with van der Waals surface area (Å²) in [6.07, 6.45) is 5.95. The van der Waals surface area contributed by atoms with Crippen LogP contribution < -0.4 is 0 Å². The minimum Gasteiger partial charge on any atom is -0.483 e. The summed E-state index contributed by atoms with van der Waals surface area (Å²) in [6.45, 7) is -0.250. The lowest BCUT2D eigenvalue weighted by Crippen LogP contribution is -2.14. The van der Waals surface area contributed by atoms with E-state index in [1.807, 2.05) is 0 Å². The molecule has 2 N–H and O–H groups in total. The molecular weight excluding hydrogens is 148 g/mol. The Kier molecular flexibility index (Phi) is 7.08. The van der Waals surface area contributed by atoms with Crippen LogP contribution in [0.2, 0.25) is 0 Å². The molecule has 0 heterocycles. The van der Waals surface area contributed by atoms with E-state index in [9.17, 15) is 0 Å². The van der Waals surface area contributed by atoms with Crippen LogP contribution in [-0.4, -0.2) is 22.9 Å². The Bertz CT molecular complexity index is 88.4. The van der Waals surface area contributed by atoms with E-state index in [1.165, 1.54) is 19.3 Å². The monoisotopic (exact) mass is 162 g/mol. The molecule has 1 aliphatic rings. The molecule has 11 heavy (non-hydrogen) atoms. The van der Waals surface area contributed by atoms with Crippen LogP contribution in [0.15, 0.2) is 0 Å². The maximum absolute atomic E-state index is 8.36. The van der Waals surface area contributed by atoms with Gasteiger partial charge in [-0.25, -0.2) is 4.89 Å². The molecule has 1 fully saturated rings. The molecular formula is C7H14O4. The van der Waals surface area contributed by atoms with E-state index in [1.54, 1.807) is 0 Å². The SMILES string of the molecule is O=CO.OOC1CCCCC1. The highest BCUT2D eigenvalue weighted by Crippen LogP contribution is 2.18. The van der Waals surface area contributed by atoms with Crippen LogP contribution in [0.1, 0.15) is 32.1 Å². The quantitative estimate of drug-likeness (QED) is 0.348. The van der Waals surface area contributed by atoms with Crippen LogP contribution in [-0.2, 0) is 9.68 Å². The molecule has 66 valence electrons. The second kappa shape index (κ2) is 7.50. The van der Waals surface area contributed by atoms with Crippen molar-refractivity contribution in [3.8, 4) is 0 Å². The molecule has 0 atom stereocenters. The molecule has 1 rings (SSSR count). The molecule has 0 bridgehead atoms. The second-order valence-corrected chi connectivity index (χ2v) is 2.47. The highest BCUT2D eigenvalue weighted by Gasteiger charge is 2.12. The van der Waals surface area contributed by atoms with Crippen LogP contribution in [0, 0.1) is 0 Å². The third kappa shape index (κ3) is 5.82. The maximum atomic E-state index is 8.36. The average Bonchev–Trinajstić information content (AvgIpc) is 2.08. The van der Waals surface area contributed by atoms with Gasteiger partial charge >= 0.3 is 0 Å². The number of rotatable bonds is 1. The van der Waals surface area contributed by atoms with Gasteiger partial charge in [0.05, 0.1) is 6.10 Å². The largest absolute Gasteiger partial charge is 0.483 e. The van der Waals surface area contributed by atoms with E-state index in [2.05, 4.69) is 4.89 Å². The molecule has 0 spiro atoms. The Hall–Kier alpha value is -0.610. The van der Waals surface area contributed by atoms with Crippen molar-refractivity contribution in [2.45, 2.75) is 38.2 Å². The fraction of sp³-hybridized carbons (Fsp3) is 0.857. The van der Waals surface area contributed by atoms with Gasteiger partial charge in [0, 0.05) is 0 Å². The van der Waals surface area contributed by atoms with E-state index in [4.69, 9.17) is 15.2 Å². The van der Waals surface area contributed by atoms with Gasteiger partial charge in [0.2, 0.25) is 0 Å². The summed E-state index contributed by atoms with van der Waals surface area (Å²) in [5.74, 6) is 0. The molecule has 0 aliphatic heterocycles. The number of carboxylic acid groups (broad SMARTS) is 1. The van der Waals surface area contributed by atoms with Crippen LogP contribution in [0.3, 0.4) is 0 Å². The first kappa shape index (κ1) is 10.4. The van der Waals surface area contributed by atoms with Gasteiger partial charge in [-0.3, -0.25) is 10.1 Å². The van der Waals surface area contributed by atoms with Crippen molar-refractivity contribution in [1.29, 1.82) is 0 Å². The van der Waals surface area contributed by atoms with Gasteiger partial charge < -0.3 is 5.11 Å². The highest BCUT2D eigenvalue weighted by molar-refractivity contribution is 5.32. The van der Waals surface area contributed by atoms with Crippen molar-refractivity contribution < 1.29 is 20.0 Å². The molecule has 4 nitrogen and oxygen atoms in total. The molecule has 1 saturated carbocycles. The third-order valence-corrected chi connectivity index (χ3v) is 1.70. The van der Waals surface area contributed by atoms with Crippen LogP contribution in [0.25, 0.3) is 0 Å². The fourth-order valence-electron chi connectivity index (χ4n) is 1.17. The highest BCUT2D eigenvalue weighted by atomic mass is 17.1. The Labute approximate surface area is 65.7 Å². The Morgan fingerprint density at radius 3 is 2.00 bits per heavy atom. The van der Waals surface area contributed by atoms with Gasteiger partial charge in [-0.15, -0.1) is 0 Å². The summed E-state index contributed by atoms with van der Waals surface area (Å²) < 4.78 is 0. The molecule has 0 aromatic carbocycles. The summed E-state index contributed by atoms with van der Waals surface area (Å²) in [4.78, 5) is 12.6. The predicted octanol–water partition coefficient (Wildman–Crippen LogP) is 1.51. The molecule has 0 amide bonds. The topological polar surface area (TPSA) is 66.8 Å². The van der Waals surface area contributed by atoms with Crippen molar-refractivity contribution in [3.05, 3.63) is 0 Å². The normalized spacial score (nSPS) is 18.3. The summed E-state index contributed by atoms with van der Waals surface area (Å²) >= 11 is 0. The minimum absolute atomic E-state index is 0.142. The zero-order valence-corrected chi connectivity index (χ0v) is 6.40. The van der Waals surface area contributed by atoms with Crippen molar-refractivity contribution in [2.75, 3.05) is 0 Å². The van der Waals surface area contributed by atoms with Crippen molar-refractivity contribution in [3.63, 3.8) is 0 Å². The smallest absolute Gasteiger partial charge is 0.290 e. The van der Waals surface area contributed by atoms with E-state index in [-0.39, 0.29) is 12.6 Å². The zero-order valence-electron chi connectivity index (χ0n) is 6.40. The first-order valence-electron chi connectivity index (χ1n) is 3.73. The molecule has 0 saturated heterocycles. The Balaban J connectivity index is 0.000000292.